The molecule has 0 saturated carbocycles. The summed E-state index contributed by atoms with van der Waals surface area (Å²) in [6.45, 7) is 2.97. The van der Waals surface area contributed by atoms with Crippen molar-refractivity contribution in [3.05, 3.63) is 77.3 Å². The molecule has 0 spiro atoms. The van der Waals surface area contributed by atoms with Crippen LogP contribution in [-0.2, 0) is 4.74 Å². The van der Waals surface area contributed by atoms with Gasteiger partial charge in [0.05, 0.1) is 36.3 Å². The molecule has 1 N–H and O–H groups in total. The summed E-state index contributed by atoms with van der Waals surface area (Å²) in [5.41, 5.74) is 3.00. The molecular weight excluding hydrogens is 433 g/mol. The van der Waals surface area contributed by atoms with Crippen LogP contribution in [0.2, 0.25) is 5.02 Å². The predicted octanol–water partition coefficient (Wildman–Crippen LogP) is 3.80. The summed E-state index contributed by atoms with van der Waals surface area (Å²) >= 11 is 6.26. The second-order valence-electron chi connectivity index (χ2n) is 7.41. The van der Waals surface area contributed by atoms with E-state index in [4.69, 9.17) is 16.3 Å². The lowest BCUT2D eigenvalue weighted by Crippen LogP contribution is -2.36. The van der Waals surface area contributed by atoms with E-state index in [-0.39, 0.29) is 10.6 Å². The van der Waals surface area contributed by atoms with E-state index in [2.05, 4.69) is 24.8 Å². The van der Waals surface area contributed by atoms with Crippen LogP contribution in [0.25, 0.3) is 22.2 Å². The van der Waals surface area contributed by atoms with Gasteiger partial charge in [-0.1, -0.05) is 11.6 Å². The van der Waals surface area contributed by atoms with Crippen LogP contribution in [-0.4, -0.2) is 51.3 Å². The minimum atomic E-state index is -1.16. The van der Waals surface area contributed by atoms with Crippen LogP contribution in [0.4, 0.5) is 10.1 Å². The van der Waals surface area contributed by atoms with Gasteiger partial charge in [0, 0.05) is 52.7 Å². The van der Waals surface area contributed by atoms with Gasteiger partial charge >= 0.3 is 0 Å². The minimum Gasteiger partial charge on any atom is -0.382 e. The van der Waals surface area contributed by atoms with E-state index < -0.39 is 11.9 Å². The first kappa shape index (κ1) is 20.7. The van der Waals surface area contributed by atoms with Crippen molar-refractivity contribution in [2.24, 2.45) is 0 Å². The maximum atomic E-state index is 15.0. The molecule has 0 amide bonds. The van der Waals surface area contributed by atoms with Crippen molar-refractivity contribution in [3.63, 3.8) is 0 Å². The Hall–Kier alpha value is -3.20. The standard InChI is InChI=1S/C23H19ClFN5O2/c24-18-11-19(25)17(10-16(18)23(31)21-12-26-3-4-27-21)22-15-2-1-14(9-20(15)28-13-29-22)30-5-7-32-8-6-30/h1-4,9-13,23,31H,5-8H2. The first-order valence-corrected chi connectivity index (χ1v) is 10.5. The van der Waals surface area contributed by atoms with Gasteiger partial charge in [0.25, 0.3) is 0 Å². The molecule has 1 atom stereocenters. The van der Waals surface area contributed by atoms with Crippen LogP contribution in [0, 0.1) is 5.82 Å². The smallest absolute Gasteiger partial charge is 0.134 e. The highest BCUT2D eigenvalue weighted by Crippen LogP contribution is 2.36. The van der Waals surface area contributed by atoms with Gasteiger partial charge in [-0.3, -0.25) is 9.97 Å². The third kappa shape index (κ3) is 3.88. The van der Waals surface area contributed by atoms with Gasteiger partial charge < -0.3 is 14.7 Å². The molecule has 0 bridgehead atoms. The molecule has 1 aliphatic heterocycles. The molecule has 3 heterocycles. The Kier molecular flexibility index (Phi) is 5.65. The molecule has 32 heavy (non-hydrogen) atoms. The summed E-state index contributed by atoms with van der Waals surface area (Å²) in [6, 6.07) is 8.53. The molecule has 5 rings (SSSR count). The average molecular weight is 452 g/mol. The molecule has 2 aromatic carbocycles. The molecule has 4 aromatic rings. The Bertz CT molecular complexity index is 1270. The number of hydrogen-bond donors (Lipinski definition) is 1. The molecular formula is C23H19ClFN5O2. The monoisotopic (exact) mass is 451 g/mol. The van der Waals surface area contributed by atoms with Gasteiger partial charge in [-0.25, -0.2) is 14.4 Å². The fraction of sp³-hybridized carbons (Fsp3) is 0.217. The van der Waals surface area contributed by atoms with E-state index in [0.29, 0.717) is 41.1 Å². The highest BCUT2D eigenvalue weighted by atomic mass is 35.5. The second kappa shape index (κ2) is 8.74. The molecule has 9 heteroatoms. The Morgan fingerprint density at radius 3 is 2.69 bits per heavy atom. The maximum absolute atomic E-state index is 15.0. The molecule has 1 unspecified atom stereocenters. The van der Waals surface area contributed by atoms with Gasteiger partial charge in [-0.05, 0) is 30.3 Å². The first-order chi connectivity index (χ1) is 15.6. The molecule has 7 nitrogen and oxygen atoms in total. The number of fused-ring (bicyclic) bond motifs is 1. The zero-order chi connectivity index (χ0) is 22.1. The maximum Gasteiger partial charge on any atom is 0.134 e. The van der Waals surface area contributed by atoms with Gasteiger partial charge in [-0.15, -0.1) is 0 Å². The normalized spacial score (nSPS) is 15.2. The average Bonchev–Trinajstić information content (AvgIpc) is 2.84. The van der Waals surface area contributed by atoms with Crippen LogP contribution >= 0.6 is 11.6 Å². The Labute approximate surface area is 188 Å². The summed E-state index contributed by atoms with van der Waals surface area (Å²) in [5, 5.41) is 11.6. The van der Waals surface area contributed by atoms with Crippen molar-refractivity contribution in [3.8, 4) is 11.3 Å². The summed E-state index contributed by atoms with van der Waals surface area (Å²) in [7, 11) is 0. The number of ether oxygens (including phenoxy) is 1. The fourth-order valence-corrected chi connectivity index (χ4v) is 4.10. The molecule has 0 aliphatic carbocycles. The van der Waals surface area contributed by atoms with Crippen molar-refractivity contribution in [2.75, 3.05) is 31.2 Å². The number of nitrogens with zero attached hydrogens (tertiary/aromatic N) is 5. The van der Waals surface area contributed by atoms with Crippen LogP contribution in [0.5, 0.6) is 0 Å². The number of aromatic nitrogens is 4. The van der Waals surface area contributed by atoms with E-state index in [0.717, 1.165) is 18.8 Å². The van der Waals surface area contributed by atoms with Gasteiger partial charge in [0.2, 0.25) is 0 Å². The second-order valence-corrected chi connectivity index (χ2v) is 7.82. The van der Waals surface area contributed by atoms with Crippen LogP contribution in [0.1, 0.15) is 17.4 Å². The first-order valence-electron chi connectivity index (χ1n) is 10.1. The zero-order valence-electron chi connectivity index (χ0n) is 16.9. The lowest BCUT2D eigenvalue weighted by Gasteiger charge is -2.29. The third-order valence-electron chi connectivity index (χ3n) is 5.50. The van der Waals surface area contributed by atoms with E-state index in [1.54, 1.807) is 0 Å². The Morgan fingerprint density at radius 2 is 1.91 bits per heavy atom. The molecule has 162 valence electrons. The topological polar surface area (TPSA) is 84.3 Å². The van der Waals surface area contributed by atoms with Crippen LogP contribution in [0.3, 0.4) is 0 Å². The number of rotatable bonds is 4. The number of halogens is 2. The number of morpholine rings is 1. The van der Waals surface area contributed by atoms with Crippen molar-refractivity contribution in [1.29, 1.82) is 0 Å². The highest BCUT2D eigenvalue weighted by molar-refractivity contribution is 6.31. The lowest BCUT2D eigenvalue weighted by atomic mass is 9.99. The number of aliphatic hydroxyl groups is 1. The van der Waals surface area contributed by atoms with E-state index >= 15 is 4.39 Å². The van der Waals surface area contributed by atoms with Crippen molar-refractivity contribution in [1.82, 2.24) is 19.9 Å². The van der Waals surface area contributed by atoms with Crippen LogP contribution in [0.15, 0.2) is 55.2 Å². The van der Waals surface area contributed by atoms with Gasteiger partial charge in [0.15, 0.2) is 0 Å². The molecule has 1 aliphatic rings. The highest BCUT2D eigenvalue weighted by Gasteiger charge is 2.21. The Balaban J connectivity index is 1.59. The van der Waals surface area contributed by atoms with Crippen molar-refractivity contribution in [2.45, 2.75) is 6.10 Å². The van der Waals surface area contributed by atoms with Crippen molar-refractivity contribution >= 4 is 28.2 Å². The third-order valence-corrected chi connectivity index (χ3v) is 5.82. The van der Waals surface area contributed by atoms with Crippen LogP contribution < -0.4 is 4.90 Å². The summed E-state index contributed by atoms with van der Waals surface area (Å²) in [5.74, 6) is -0.539. The Morgan fingerprint density at radius 1 is 1.06 bits per heavy atom. The summed E-state index contributed by atoms with van der Waals surface area (Å²) in [4.78, 5) is 19.1. The fourth-order valence-electron chi connectivity index (χ4n) is 3.85. The van der Waals surface area contributed by atoms with Gasteiger partial charge in [-0.2, -0.15) is 0 Å². The number of aliphatic hydroxyl groups excluding tert-OH is 1. The van der Waals surface area contributed by atoms with Crippen molar-refractivity contribution < 1.29 is 14.2 Å². The minimum absolute atomic E-state index is 0.0948. The number of benzene rings is 2. The summed E-state index contributed by atoms with van der Waals surface area (Å²) in [6.07, 6.45) is 4.68. The number of anilines is 1. The van der Waals surface area contributed by atoms with E-state index in [1.165, 1.54) is 37.1 Å². The molecule has 0 radical (unpaired) electrons. The molecule has 2 aromatic heterocycles. The lowest BCUT2D eigenvalue weighted by molar-refractivity contribution is 0.122. The zero-order valence-corrected chi connectivity index (χ0v) is 17.7. The quantitative estimate of drug-likeness (QED) is 0.505. The molecule has 1 saturated heterocycles. The SMILES string of the molecule is OC(c1cnccn1)c1cc(-c2ncnc3cc(N4CCOCC4)ccc23)c(F)cc1Cl. The largest absolute Gasteiger partial charge is 0.382 e. The van der Waals surface area contributed by atoms with E-state index in [9.17, 15) is 5.11 Å². The number of hydrogen-bond acceptors (Lipinski definition) is 7. The van der Waals surface area contributed by atoms with Gasteiger partial charge in [0.1, 0.15) is 18.2 Å². The van der Waals surface area contributed by atoms with E-state index in [1.807, 2.05) is 18.2 Å². The molecule has 1 fully saturated rings. The summed E-state index contributed by atoms with van der Waals surface area (Å²) < 4.78 is 20.4. The predicted molar refractivity (Wildman–Crippen MR) is 119 cm³/mol.